The van der Waals surface area contributed by atoms with E-state index in [1.165, 1.54) is 19.1 Å². The standard InChI is InChI=1S/C12H12ClFO3/c1-3-17-12(16)10(13)11(15)8-4-5-9(14)7(2)6-8/h4-6,10H,3H2,1-2H3. The first kappa shape index (κ1) is 13.6. The van der Waals surface area contributed by atoms with E-state index in [9.17, 15) is 14.0 Å². The van der Waals surface area contributed by atoms with Gasteiger partial charge >= 0.3 is 5.97 Å². The van der Waals surface area contributed by atoms with Crippen LogP contribution in [0.2, 0.25) is 0 Å². The fourth-order valence-electron chi connectivity index (χ4n) is 1.27. The van der Waals surface area contributed by atoms with E-state index in [0.29, 0.717) is 5.56 Å². The van der Waals surface area contributed by atoms with Gasteiger partial charge in [0.15, 0.2) is 11.2 Å². The monoisotopic (exact) mass is 258 g/mol. The third-order valence-electron chi connectivity index (χ3n) is 2.17. The molecule has 5 heteroatoms. The molecule has 0 aliphatic heterocycles. The number of hydrogen-bond acceptors (Lipinski definition) is 3. The zero-order valence-electron chi connectivity index (χ0n) is 9.50. The van der Waals surface area contributed by atoms with Gasteiger partial charge in [-0.2, -0.15) is 0 Å². The maximum atomic E-state index is 13.0. The van der Waals surface area contributed by atoms with Gasteiger partial charge in [0.1, 0.15) is 5.82 Å². The Morgan fingerprint density at radius 1 is 1.47 bits per heavy atom. The van der Waals surface area contributed by atoms with Crippen LogP contribution in [-0.4, -0.2) is 23.7 Å². The maximum absolute atomic E-state index is 13.0. The molecule has 0 aliphatic carbocycles. The Labute approximate surface area is 104 Å². The molecule has 17 heavy (non-hydrogen) atoms. The fourth-order valence-corrected chi connectivity index (χ4v) is 1.46. The normalized spacial score (nSPS) is 12.0. The number of ether oxygens (including phenoxy) is 1. The van der Waals surface area contributed by atoms with Crippen molar-refractivity contribution in [2.75, 3.05) is 6.61 Å². The summed E-state index contributed by atoms with van der Waals surface area (Å²) >= 11 is 5.67. The number of hydrogen-bond donors (Lipinski definition) is 0. The molecule has 1 aromatic rings. The number of aryl methyl sites for hydroxylation is 1. The summed E-state index contributed by atoms with van der Waals surface area (Å²) in [5, 5.41) is -1.39. The van der Waals surface area contributed by atoms with Crippen LogP contribution in [0.15, 0.2) is 18.2 Å². The minimum absolute atomic E-state index is 0.151. The van der Waals surface area contributed by atoms with Gasteiger partial charge in [0.05, 0.1) is 6.61 Å². The molecule has 0 bridgehead atoms. The first-order chi connectivity index (χ1) is 7.97. The lowest BCUT2D eigenvalue weighted by Crippen LogP contribution is -2.27. The van der Waals surface area contributed by atoms with Crippen molar-refractivity contribution in [2.24, 2.45) is 0 Å². The van der Waals surface area contributed by atoms with Gasteiger partial charge in [0.25, 0.3) is 0 Å². The van der Waals surface area contributed by atoms with Crippen LogP contribution < -0.4 is 0 Å². The molecule has 0 heterocycles. The van der Waals surface area contributed by atoms with E-state index in [4.69, 9.17) is 11.6 Å². The number of Topliss-reactive ketones (excluding diaryl/α,β-unsaturated/α-hetero) is 1. The zero-order chi connectivity index (χ0) is 13.0. The van der Waals surface area contributed by atoms with Crippen LogP contribution in [0.5, 0.6) is 0 Å². The highest BCUT2D eigenvalue weighted by atomic mass is 35.5. The lowest BCUT2D eigenvalue weighted by molar-refractivity contribution is -0.141. The van der Waals surface area contributed by atoms with Gasteiger partial charge in [-0.25, -0.2) is 9.18 Å². The minimum atomic E-state index is -1.39. The highest BCUT2D eigenvalue weighted by Crippen LogP contribution is 2.14. The lowest BCUT2D eigenvalue weighted by Gasteiger charge is -2.08. The first-order valence-electron chi connectivity index (χ1n) is 5.08. The van der Waals surface area contributed by atoms with E-state index in [2.05, 4.69) is 4.74 Å². The third-order valence-corrected chi connectivity index (χ3v) is 2.54. The molecule has 0 N–H and O–H groups in total. The average molecular weight is 259 g/mol. The Hall–Kier alpha value is -1.42. The van der Waals surface area contributed by atoms with Crippen LogP contribution in [0.4, 0.5) is 4.39 Å². The van der Waals surface area contributed by atoms with Gasteiger partial charge in [0, 0.05) is 5.56 Å². The van der Waals surface area contributed by atoms with Crippen molar-refractivity contribution in [3.05, 3.63) is 35.1 Å². The molecular formula is C12H12ClFO3. The van der Waals surface area contributed by atoms with Gasteiger partial charge in [-0.15, -0.1) is 11.6 Å². The summed E-state index contributed by atoms with van der Waals surface area (Å²) < 4.78 is 17.6. The van der Waals surface area contributed by atoms with Crippen molar-refractivity contribution in [3.63, 3.8) is 0 Å². The third kappa shape index (κ3) is 3.27. The van der Waals surface area contributed by atoms with E-state index < -0.39 is 22.9 Å². The largest absolute Gasteiger partial charge is 0.465 e. The minimum Gasteiger partial charge on any atom is -0.465 e. The lowest BCUT2D eigenvalue weighted by atomic mass is 10.1. The molecule has 0 spiro atoms. The fraction of sp³-hybridized carbons (Fsp3) is 0.333. The summed E-state index contributed by atoms with van der Waals surface area (Å²) in [4.78, 5) is 23.0. The summed E-state index contributed by atoms with van der Waals surface area (Å²) in [5.74, 6) is -1.79. The number of benzene rings is 1. The molecular weight excluding hydrogens is 247 g/mol. The quantitative estimate of drug-likeness (QED) is 0.361. The molecule has 0 saturated carbocycles. The second-order valence-electron chi connectivity index (χ2n) is 3.44. The molecule has 3 nitrogen and oxygen atoms in total. The highest BCUT2D eigenvalue weighted by molar-refractivity contribution is 6.43. The molecule has 0 fully saturated rings. The molecule has 0 aromatic heterocycles. The first-order valence-corrected chi connectivity index (χ1v) is 5.52. The molecule has 1 atom stereocenters. The van der Waals surface area contributed by atoms with Crippen molar-refractivity contribution in [3.8, 4) is 0 Å². The van der Waals surface area contributed by atoms with E-state index in [1.807, 2.05) is 0 Å². The summed E-state index contributed by atoms with van der Waals surface area (Å²) in [5.41, 5.74) is 0.514. The van der Waals surface area contributed by atoms with Crippen LogP contribution in [0, 0.1) is 12.7 Å². The Kier molecular flexibility index (Phi) is 4.63. The number of halogens is 2. The van der Waals surface area contributed by atoms with Crippen molar-refractivity contribution >= 4 is 23.4 Å². The molecule has 0 amide bonds. The maximum Gasteiger partial charge on any atom is 0.332 e. The molecule has 0 radical (unpaired) electrons. The van der Waals surface area contributed by atoms with Crippen LogP contribution in [0.25, 0.3) is 0 Å². The van der Waals surface area contributed by atoms with E-state index in [-0.39, 0.29) is 12.2 Å². The van der Waals surface area contributed by atoms with E-state index in [1.54, 1.807) is 6.92 Å². The number of rotatable bonds is 4. The molecule has 0 aliphatic rings. The van der Waals surface area contributed by atoms with Crippen molar-refractivity contribution in [1.29, 1.82) is 0 Å². The van der Waals surface area contributed by atoms with Crippen LogP contribution in [-0.2, 0) is 9.53 Å². The van der Waals surface area contributed by atoms with Crippen molar-refractivity contribution in [2.45, 2.75) is 19.2 Å². The van der Waals surface area contributed by atoms with E-state index >= 15 is 0 Å². The van der Waals surface area contributed by atoms with E-state index in [0.717, 1.165) is 6.07 Å². The smallest absolute Gasteiger partial charge is 0.332 e. The summed E-state index contributed by atoms with van der Waals surface area (Å²) in [6, 6.07) is 3.81. The molecule has 1 rings (SSSR count). The van der Waals surface area contributed by atoms with Crippen LogP contribution in [0.3, 0.4) is 0 Å². The van der Waals surface area contributed by atoms with Crippen molar-refractivity contribution in [1.82, 2.24) is 0 Å². The number of ketones is 1. The molecule has 92 valence electrons. The highest BCUT2D eigenvalue weighted by Gasteiger charge is 2.26. The summed E-state index contributed by atoms with van der Waals surface area (Å²) in [6.45, 7) is 3.30. The Balaban J connectivity index is 2.89. The average Bonchev–Trinajstić information content (AvgIpc) is 2.31. The second-order valence-corrected chi connectivity index (χ2v) is 3.88. The Morgan fingerprint density at radius 2 is 2.12 bits per heavy atom. The number of carbonyl (C=O) groups excluding carboxylic acids is 2. The van der Waals surface area contributed by atoms with Gasteiger partial charge in [-0.3, -0.25) is 4.79 Å². The van der Waals surface area contributed by atoms with Crippen LogP contribution >= 0.6 is 11.6 Å². The molecule has 1 aromatic carbocycles. The second kappa shape index (κ2) is 5.77. The number of esters is 1. The molecule has 0 saturated heterocycles. The van der Waals surface area contributed by atoms with Gasteiger partial charge in [0.2, 0.25) is 0 Å². The van der Waals surface area contributed by atoms with Crippen LogP contribution in [0.1, 0.15) is 22.8 Å². The van der Waals surface area contributed by atoms with Crippen molar-refractivity contribution < 1.29 is 18.7 Å². The Bertz CT molecular complexity index is 445. The predicted molar refractivity (Wildman–Crippen MR) is 61.7 cm³/mol. The number of carbonyl (C=O) groups is 2. The van der Waals surface area contributed by atoms with Gasteiger partial charge < -0.3 is 4.74 Å². The summed E-state index contributed by atoms with van der Waals surface area (Å²) in [7, 11) is 0. The summed E-state index contributed by atoms with van der Waals surface area (Å²) in [6.07, 6.45) is 0. The SMILES string of the molecule is CCOC(=O)C(Cl)C(=O)c1ccc(F)c(C)c1. The van der Waals surface area contributed by atoms with Gasteiger partial charge in [-0.05, 0) is 37.6 Å². The topological polar surface area (TPSA) is 43.4 Å². The van der Waals surface area contributed by atoms with Gasteiger partial charge in [-0.1, -0.05) is 0 Å². The predicted octanol–water partition coefficient (Wildman–Crippen LogP) is 2.49. The zero-order valence-corrected chi connectivity index (χ0v) is 10.3. The Morgan fingerprint density at radius 3 is 2.65 bits per heavy atom. The molecule has 1 unspecified atom stereocenters. The number of alkyl halides is 1.